The van der Waals surface area contributed by atoms with Crippen molar-refractivity contribution in [3.63, 3.8) is 0 Å². The molecule has 1 aliphatic rings. The van der Waals surface area contributed by atoms with Gasteiger partial charge in [0.25, 0.3) is 0 Å². The molecule has 0 amide bonds. The summed E-state index contributed by atoms with van der Waals surface area (Å²) in [5.74, 6) is 1.80. The van der Waals surface area contributed by atoms with Crippen LogP contribution in [0.25, 0.3) is 105 Å². The minimum absolute atomic E-state index is 0.0909. The Balaban J connectivity index is 0.941. The van der Waals surface area contributed by atoms with Crippen molar-refractivity contribution >= 4 is 76.9 Å². The molecule has 6 heterocycles. The van der Waals surface area contributed by atoms with Crippen LogP contribution < -0.4 is 4.90 Å². The highest BCUT2D eigenvalue weighted by Gasteiger charge is 2.24. The molecule has 1 atom stereocenters. The van der Waals surface area contributed by atoms with E-state index < -0.39 is 0 Å². The molecule has 8 aromatic carbocycles. The third-order valence-corrected chi connectivity index (χ3v) is 14.4. The van der Waals surface area contributed by atoms with E-state index in [4.69, 9.17) is 9.97 Å². The molecule has 0 saturated carbocycles. The van der Waals surface area contributed by atoms with Crippen LogP contribution in [0.5, 0.6) is 0 Å². The molecule has 0 saturated heterocycles. The van der Waals surface area contributed by atoms with Crippen molar-refractivity contribution in [1.82, 2.24) is 23.7 Å². The summed E-state index contributed by atoms with van der Waals surface area (Å²) in [5, 5.41) is 7.24. The molecular formula is C65H46N6. The number of nitrogens with zero attached hydrogens (tertiary/aromatic N) is 6. The highest BCUT2D eigenvalue weighted by Crippen LogP contribution is 2.43. The van der Waals surface area contributed by atoms with Crippen molar-refractivity contribution in [2.24, 2.45) is 0 Å². The van der Waals surface area contributed by atoms with Gasteiger partial charge in [-0.15, -0.1) is 0 Å². The van der Waals surface area contributed by atoms with Crippen LogP contribution in [-0.2, 0) is 6.42 Å². The SMILES string of the molecule is CC1/C=C\C=C/Cc2ccccc2N1c1cccc(-c2cccc(-n3c4ccccc4c4ccc5c6ccccc6n(-c6cccc(-c7cccc(-n8c9ccccc9c9ccccc98)n7)c6)c5c43)c2)n1. The maximum atomic E-state index is 5.43. The van der Waals surface area contributed by atoms with Crippen molar-refractivity contribution in [3.8, 4) is 39.7 Å². The van der Waals surface area contributed by atoms with Crippen LogP contribution in [0.2, 0.25) is 0 Å². The third-order valence-electron chi connectivity index (χ3n) is 14.4. The second-order valence-electron chi connectivity index (χ2n) is 18.6. The zero-order chi connectivity index (χ0) is 47.0. The van der Waals surface area contributed by atoms with Gasteiger partial charge in [-0.05, 0) is 97.8 Å². The monoisotopic (exact) mass is 910 g/mol. The average Bonchev–Trinajstić information content (AvgIpc) is 4.09. The molecule has 0 aliphatic carbocycles. The summed E-state index contributed by atoms with van der Waals surface area (Å²) in [4.78, 5) is 13.2. The molecule has 14 rings (SSSR count). The molecule has 1 aliphatic heterocycles. The molecule has 0 bridgehead atoms. The van der Waals surface area contributed by atoms with Gasteiger partial charge < -0.3 is 14.0 Å². The van der Waals surface area contributed by atoms with Gasteiger partial charge in [-0.3, -0.25) is 4.57 Å². The fourth-order valence-corrected chi connectivity index (χ4v) is 11.3. The molecule has 0 radical (unpaired) electrons. The third kappa shape index (κ3) is 6.56. The van der Waals surface area contributed by atoms with Gasteiger partial charge in [0.15, 0.2) is 0 Å². The average molecular weight is 911 g/mol. The fourth-order valence-electron chi connectivity index (χ4n) is 11.3. The van der Waals surface area contributed by atoms with Gasteiger partial charge in [-0.25, -0.2) is 9.97 Å². The number of benzene rings is 8. The van der Waals surface area contributed by atoms with Gasteiger partial charge in [-0.1, -0.05) is 164 Å². The molecule has 0 N–H and O–H groups in total. The van der Waals surface area contributed by atoms with E-state index in [1.807, 2.05) is 0 Å². The normalized spacial score (nSPS) is 14.8. The lowest BCUT2D eigenvalue weighted by molar-refractivity contribution is 0.844. The Hall–Kier alpha value is -9.26. The van der Waals surface area contributed by atoms with Crippen LogP contribution in [-0.4, -0.2) is 29.7 Å². The number of aromatic nitrogens is 5. The first kappa shape index (κ1) is 40.8. The van der Waals surface area contributed by atoms with Gasteiger partial charge in [0.05, 0.1) is 50.5 Å². The largest absolute Gasteiger partial charge is 0.319 e. The fraction of sp³-hybridized carbons (Fsp3) is 0.0462. The quantitative estimate of drug-likeness (QED) is 0.167. The summed E-state index contributed by atoms with van der Waals surface area (Å²) >= 11 is 0. The molecule has 1 unspecified atom stereocenters. The lowest BCUT2D eigenvalue weighted by Crippen LogP contribution is -2.28. The van der Waals surface area contributed by atoms with Crippen LogP contribution >= 0.6 is 0 Å². The number of para-hydroxylation sites is 5. The second kappa shape index (κ2) is 16.5. The molecule has 0 fully saturated rings. The smallest absolute Gasteiger partial charge is 0.138 e. The van der Waals surface area contributed by atoms with Crippen LogP contribution in [0.1, 0.15) is 12.5 Å². The number of hydrogen-bond acceptors (Lipinski definition) is 3. The number of hydrogen-bond donors (Lipinski definition) is 0. The zero-order valence-corrected chi connectivity index (χ0v) is 39.1. The molecule has 5 aromatic heterocycles. The first-order valence-electron chi connectivity index (χ1n) is 24.5. The second-order valence-corrected chi connectivity index (χ2v) is 18.6. The predicted octanol–water partition coefficient (Wildman–Crippen LogP) is 16.3. The minimum atomic E-state index is 0.0909. The van der Waals surface area contributed by atoms with Crippen molar-refractivity contribution in [2.75, 3.05) is 4.90 Å². The van der Waals surface area contributed by atoms with E-state index in [9.17, 15) is 0 Å². The van der Waals surface area contributed by atoms with Crippen LogP contribution in [0.4, 0.5) is 11.5 Å². The Bertz CT molecular complexity index is 4260. The van der Waals surface area contributed by atoms with Gasteiger partial charge in [-0.2, -0.15) is 0 Å². The number of pyridine rings is 2. The van der Waals surface area contributed by atoms with Crippen LogP contribution in [0.15, 0.2) is 243 Å². The number of anilines is 2. The van der Waals surface area contributed by atoms with E-state index in [-0.39, 0.29) is 6.04 Å². The Morgan fingerprint density at radius 1 is 0.394 bits per heavy atom. The van der Waals surface area contributed by atoms with Crippen molar-refractivity contribution in [1.29, 1.82) is 0 Å². The topological polar surface area (TPSA) is 43.8 Å². The zero-order valence-electron chi connectivity index (χ0n) is 39.1. The van der Waals surface area contributed by atoms with Crippen molar-refractivity contribution < 1.29 is 0 Å². The Kier molecular flexibility index (Phi) is 9.46. The van der Waals surface area contributed by atoms with Gasteiger partial charge in [0, 0.05) is 60.5 Å². The maximum Gasteiger partial charge on any atom is 0.138 e. The molecule has 6 heteroatoms. The van der Waals surface area contributed by atoms with Crippen LogP contribution in [0.3, 0.4) is 0 Å². The highest BCUT2D eigenvalue weighted by molar-refractivity contribution is 6.24. The first-order chi connectivity index (χ1) is 35.2. The van der Waals surface area contributed by atoms with E-state index >= 15 is 0 Å². The van der Waals surface area contributed by atoms with Crippen molar-refractivity contribution in [2.45, 2.75) is 19.4 Å². The first-order valence-corrected chi connectivity index (χ1v) is 24.5. The summed E-state index contributed by atoms with van der Waals surface area (Å²) < 4.78 is 7.22. The van der Waals surface area contributed by atoms with E-state index in [2.05, 4.69) is 268 Å². The highest BCUT2D eigenvalue weighted by atomic mass is 15.2. The lowest BCUT2D eigenvalue weighted by atomic mass is 10.1. The Morgan fingerprint density at radius 3 is 1.44 bits per heavy atom. The Morgan fingerprint density at radius 2 is 0.859 bits per heavy atom. The number of rotatable bonds is 6. The summed E-state index contributed by atoms with van der Waals surface area (Å²) in [6.45, 7) is 2.24. The summed E-state index contributed by atoms with van der Waals surface area (Å²) in [5.41, 5.74) is 15.4. The van der Waals surface area contributed by atoms with Gasteiger partial charge in [0.1, 0.15) is 11.6 Å². The summed E-state index contributed by atoms with van der Waals surface area (Å²) in [6.07, 6.45) is 9.63. The van der Waals surface area contributed by atoms with E-state index in [1.54, 1.807) is 0 Å². The van der Waals surface area contributed by atoms with Gasteiger partial charge in [0.2, 0.25) is 0 Å². The summed E-state index contributed by atoms with van der Waals surface area (Å²) in [6, 6.07) is 78.8. The van der Waals surface area contributed by atoms with Crippen LogP contribution in [0, 0.1) is 0 Å². The van der Waals surface area contributed by atoms with E-state index in [0.717, 1.165) is 85.0 Å². The Labute approximate surface area is 410 Å². The van der Waals surface area contributed by atoms with Gasteiger partial charge >= 0.3 is 0 Å². The standard InChI is InChI=1S/C65H46N6/c1-43-19-3-2-4-20-44-21-5-10-32-57(44)68(43)62-37-17-30-55(66-62)45-22-15-24-47(41-45)69-58-33-11-8-28-51(58)53-39-40-54-52-29-9-12-34-59(52)70(65(54)64(53)69)48-25-16-23-46(42-48)56-31-18-38-63(67-56)71-60-35-13-6-26-49(60)50-27-7-14-36-61(50)71/h2-19,21-43H,20H2,1H3/b4-2-,19-3-. The van der Waals surface area contributed by atoms with Crippen molar-refractivity contribution in [3.05, 3.63) is 248 Å². The molecular weight excluding hydrogens is 865 g/mol. The number of allylic oxidation sites excluding steroid dienone is 3. The molecule has 336 valence electrons. The molecule has 13 aromatic rings. The van der Waals surface area contributed by atoms with E-state index in [1.165, 1.54) is 43.6 Å². The molecule has 71 heavy (non-hydrogen) atoms. The molecule has 6 nitrogen and oxygen atoms in total. The lowest BCUT2D eigenvalue weighted by Gasteiger charge is -2.30. The number of fused-ring (bicyclic) bond motifs is 11. The van der Waals surface area contributed by atoms with E-state index in [0.29, 0.717) is 0 Å². The summed E-state index contributed by atoms with van der Waals surface area (Å²) in [7, 11) is 0. The minimum Gasteiger partial charge on any atom is -0.319 e. The molecule has 0 spiro atoms. The predicted molar refractivity (Wildman–Crippen MR) is 296 cm³/mol. The maximum absolute atomic E-state index is 5.43.